The summed E-state index contributed by atoms with van der Waals surface area (Å²) in [6, 6.07) is 7.13. The van der Waals surface area contributed by atoms with Crippen LogP contribution in [0.15, 0.2) is 24.3 Å². The fraction of sp³-hybridized carbons (Fsp3) is 0.467. The van der Waals surface area contributed by atoms with Gasteiger partial charge in [0.1, 0.15) is 10.7 Å². The van der Waals surface area contributed by atoms with Crippen LogP contribution in [0, 0.1) is 0 Å². The maximum Gasteiger partial charge on any atom is 0.258 e. The van der Waals surface area contributed by atoms with E-state index in [2.05, 4.69) is 5.32 Å². The third-order valence-corrected chi connectivity index (χ3v) is 3.81. The number of aliphatic hydroxyl groups is 1. The second-order valence-electron chi connectivity index (χ2n) is 5.25. The van der Waals surface area contributed by atoms with Crippen LogP contribution < -0.4 is 15.8 Å². The van der Waals surface area contributed by atoms with Gasteiger partial charge in [-0.05, 0) is 49.9 Å². The van der Waals surface area contributed by atoms with Gasteiger partial charge in [-0.3, -0.25) is 4.79 Å². The van der Waals surface area contributed by atoms with Crippen LogP contribution in [0.1, 0.15) is 31.2 Å². The summed E-state index contributed by atoms with van der Waals surface area (Å²) >= 11 is 4.87. The minimum absolute atomic E-state index is 0.0223. The predicted molar refractivity (Wildman–Crippen MR) is 84.2 cm³/mol. The van der Waals surface area contributed by atoms with E-state index in [-0.39, 0.29) is 24.7 Å². The summed E-state index contributed by atoms with van der Waals surface area (Å²) in [6.07, 6.45) is 2.89. The van der Waals surface area contributed by atoms with Crippen molar-refractivity contribution in [1.29, 1.82) is 0 Å². The number of rotatable bonds is 5. The van der Waals surface area contributed by atoms with Crippen LogP contribution in [0.4, 0.5) is 0 Å². The number of ether oxygens (including phenoxy) is 1. The summed E-state index contributed by atoms with van der Waals surface area (Å²) < 4.78 is 5.42. The molecule has 1 aromatic carbocycles. The van der Waals surface area contributed by atoms with E-state index in [1.807, 2.05) is 0 Å². The Labute approximate surface area is 129 Å². The maximum atomic E-state index is 11.8. The summed E-state index contributed by atoms with van der Waals surface area (Å²) in [7, 11) is 0. The Morgan fingerprint density at radius 2 is 1.90 bits per heavy atom. The molecule has 1 aliphatic rings. The summed E-state index contributed by atoms with van der Waals surface area (Å²) in [4.78, 5) is 12.1. The molecule has 2 rings (SSSR count). The largest absolute Gasteiger partial charge is 0.484 e. The first-order chi connectivity index (χ1) is 10.0. The lowest BCUT2D eigenvalue weighted by atomic mass is 9.93. The van der Waals surface area contributed by atoms with E-state index in [1.165, 1.54) is 0 Å². The third-order valence-electron chi connectivity index (χ3n) is 3.57. The molecule has 114 valence electrons. The Hall–Kier alpha value is -1.66. The number of thiocarbonyl (C=S) groups is 1. The fourth-order valence-corrected chi connectivity index (χ4v) is 2.49. The Balaban J connectivity index is 1.74. The van der Waals surface area contributed by atoms with Crippen molar-refractivity contribution >= 4 is 23.1 Å². The van der Waals surface area contributed by atoms with Crippen LogP contribution in [0.2, 0.25) is 0 Å². The molecule has 0 radical (unpaired) electrons. The molecule has 1 saturated carbocycles. The number of benzene rings is 1. The number of carbonyl (C=O) groups excluding carboxylic acids is 1. The van der Waals surface area contributed by atoms with E-state index < -0.39 is 0 Å². The lowest BCUT2D eigenvalue weighted by Gasteiger charge is -2.26. The highest BCUT2D eigenvalue weighted by molar-refractivity contribution is 7.80. The number of amides is 1. The molecular formula is C15H20N2O3S. The van der Waals surface area contributed by atoms with Crippen molar-refractivity contribution in [2.45, 2.75) is 37.8 Å². The van der Waals surface area contributed by atoms with Crippen molar-refractivity contribution in [3.63, 3.8) is 0 Å². The highest BCUT2D eigenvalue weighted by Crippen LogP contribution is 2.18. The molecule has 1 fully saturated rings. The molecule has 21 heavy (non-hydrogen) atoms. The third kappa shape index (κ3) is 4.99. The molecule has 0 atom stereocenters. The monoisotopic (exact) mass is 308 g/mol. The summed E-state index contributed by atoms with van der Waals surface area (Å²) in [5.74, 6) is 0.457. The van der Waals surface area contributed by atoms with Crippen LogP contribution in [-0.2, 0) is 4.79 Å². The molecular weight excluding hydrogens is 288 g/mol. The SMILES string of the molecule is NC(=S)c1ccc(OCC(=O)NC2CCC(O)CC2)cc1. The smallest absolute Gasteiger partial charge is 0.258 e. The first-order valence-corrected chi connectivity index (χ1v) is 7.45. The van der Waals surface area contributed by atoms with E-state index in [0.29, 0.717) is 10.7 Å². The van der Waals surface area contributed by atoms with Gasteiger partial charge in [0.15, 0.2) is 6.61 Å². The quantitative estimate of drug-likeness (QED) is 0.710. The second kappa shape index (κ2) is 7.38. The van der Waals surface area contributed by atoms with Crippen molar-refractivity contribution in [2.75, 3.05) is 6.61 Å². The molecule has 0 bridgehead atoms. The Morgan fingerprint density at radius 1 is 1.29 bits per heavy atom. The van der Waals surface area contributed by atoms with E-state index in [4.69, 9.17) is 22.7 Å². The van der Waals surface area contributed by atoms with Crippen LogP contribution in [0.3, 0.4) is 0 Å². The van der Waals surface area contributed by atoms with Crippen LogP contribution in [0.25, 0.3) is 0 Å². The molecule has 1 aliphatic carbocycles. The molecule has 0 heterocycles. The maximum absolute atomic E-state index is 11.8. The number of aliphatic hydroxyl groups excluding tert-OH is 1. The van der Waals surface area contributed by atoms with Gasteiger partial charge in [0.2, 0.25) is 0 Å². The van der Waals surface area contributed by atoms with Gasteiger partial charge in [0.05, 0.1) is 6.10 Å². The summed E-state index contributed by atoms with van der Waals surface area (Å²) in [6.45, 7) is -0.0223. The van der Waals surface area contributed by atoms with Gasteiger partial charge >= 0.3 is 0 Å². The van der Waals surface area contributed by atoms with Gasteiger partial charge in [0, 0.05) is 11.6 Å². The van der Waals surface area contributed by atoms with Crippen LogP contribution >= 0.6 is 12.2 Å². The van der Waals surface area contributed by atoms with Gasteiger partial charge in [-0.1, -0.05) is 12.2 Å². The zero-order valence-corrected chi connectivity index (χ0v) is 12.6. The minimum atomic E-state index is -0.221. The van der Waals surface area contributed by atoms with Crippen molar-refractivity contribution in [1.82, 2.24) is 5.32 Å². The Morgan fingerprint density at radius 3 is 2.48 bits per heavy atom. The van der Waals surface area contributed by atoms with Gasteiger partial charge in [-0.15, -0.1) is 0 Å². The average molecular weight is 308 g/mol. The lowest BCUT2D eigenvalue weighted by molar-refractivity contribution is -0.124. The first-order valence-electron chi connectivity index (χ1n) is 7.04. The van der Waals surface area contributed by atoms with Gasteiger partial charge in [0.25, 0.3) is 5.91 Å². The molecule has 0 unspecified atom stereocenters. The zero-order valence-electron chi connectivity index (χ0n) is 11.7. The first kappa shape index (κ1) is 15.7. The molecule has 0 saturated heterocycles. The highest BCUT2D eigenvalue weighted by Gasteiger charge is 2.20. The van der Waals surface area contributed by atoms with Gasteiger partial charge in [-0.25, -0.2) is 0 Å². The molecule has 1 amide bonds. The van der Waals surface area contributed by atoms with E-state index >= 15 is 0 Å². The lowest BCUT2D eigenvalue weighted by Crippen LogP contribution is -2.40. The minimum Gasteiger partial charge on any atom is -0.484 e. The summed E-state index contributed by atoms with van der Waals surface area (Å²) in [5, 5.41) is 12.3. The van der Waals surface area contributed by atoms with Crippen molar-refractivity contribution in [3.05, 3.63) is 29.8 Å². The fourth-order valence-electron chi connectivity index (χ4n) is 2.35. The number of carbonyl (C=O) groups is 1. The molecule has 0 aliphatic heterocycles. The topological polar surface area (TPSA) is 84.6 Å². The second-order valence-corrected chi connectivity index (χ2v) is 5.69. The van der Waals surface area contributed by atoms with Crippen molar-refractivity contribution < 1.29 is 14.6 Å². The Bertz CT molecular complexity index is 496. The molecule has 4 N–H and O–H groups in total. The molecule has 0 spiro atoms. The van der Waals surface area contributed by atoms with Crippen molar-refractivity contribution in [2.24, 2.45) is 5.73 Å². The highest BCUT2D eigenvalue weighted by atomic mass is 32.1. The summed E-state index contributed by atoms with van der Waals surface area (Å²) in [5.41, 5.74) is 6.27. The average Bonchev–Trinajstić information content (AvgIpc) is 2.48. The van der Waals surface area contributed by atoms with E-state index in [1.54, 1.807) is 24.3 Å². The number of nitrogens with one attached hydrogen (secondary N) is 1. The number of hydrogen-bond acceptors (Lipinski definition) is 4. The van der Waals surface area contributed by atoms with Gasteiger partial charge < -0.3 is 20.9 Å². The van der Waals surface area contributed by atoms with Gasteiger partial charge in [-0.2, -0.15) is 0 Å². The standard InChI is InChI=1S/C15H20N2O3S/c16-15(21)10-1-7-13(8-2-10)20-9-14(19)17-11-3-5-12(18)6-4-11/h1-2,7-8,11-12,18H,3-6,9H2,(H2,16,21)(H,17,19). The van der Waals surface area contributed by atoms with E-state index in [9.17, 15) is 9.90 Å². The van der Waals surface area contributed by atoms with Crippen LogP contribution in [0.5, 0.6) is 5.75 Å². The zero-order chi connectivity index (χ0) is 15.2. The predicted octanol–water partition coefficient (Wildman–Crippen LogP) is 1.12. The normalized spacial score (nSPS) is 21.6. The molecule has 5 nitrogen and oxygen atoms in total. The van der Waals surface area contributed by atoms with Crippen molar-refractivity contribution in [3.8, 4) is 5.75 Å². The molecule has 6 heteroatoms. The van der Waals surface area contributed by atoms with Crippen LogP contribution in [-0.4, -0.2) is 34.8 Å². The molecule has 1 aromatic rings. The number of nitrogens with two attached hydrogens (primary N) is 1. The molecule has 0 aromatic heterocycles. The number of hydrogen-bond donors (Lipinski definition) is 3. The van der Waals surface area contributed by atoms with E-state index in [0.717, 1.165) is 31.2 Å². The Kier molecular flexibility index (Phi) is 5.52.